The lowest BCUT2D eigenvalue weighted by atomic mass is 10.2. The van der Waals surface area contributed by atoms with Gasteiger partial charge in [0.05, 0.1) is 18.7 Å². The molecule has 7 nitrogen and oxygen atoms in total. The fourth-order valence-corrected chi connectivity index (χ4v) is 2.31. The van der Waals surface area contributed by atoms with Gasteiger partial charge in [-0.2, -0.15) is 10.2 Å². The van der Waals surface area contributed by atoms with Crippen LogP contribution in [0, 0.1) is 25.2 Å². The zero-order valence-electron chi connectivity index (χ0n) is 11.9. The monoisotopic (exact) mass is 285 g/mol. The molecular weight excluding hydrogens is 270 g/mol. The highest BCUT2D eigenvalue weighted by Gasteiger charge is 2.27. The molecule has 0 N–H and O–H groups in total. The molecular formula is C14H15N5O2. The molecule has 1 aliphatic rings. The Hall–Kier alpha value is -2.46. The standard InChI is InChI=1S/C14H15N5O2/c1-9-3-4-11(7-15)14(16-9)19-5-6-20-12(8-19)13-17-10(2)21-18-13/h3-4,12H,5-6,8H2,1-2H3. The zero-order chi connectivity index (χ0) is 14.8. The highest BCUT2D eigenvalue weighted by Crippen LogP contribution is 2.25. The van der Waals surface area contributed by atoms with Crippen LogP contribution in [0.15, 0.2) is 16.7 Å². The van der Waals surface area contributed by atoms with Gasteiger partial charge in [0.15, 0.2) is 0 Å². The molecule has 108 valence electrons. The third-order valence-electron chi connectivity index (χ3n) is 3.33. The number of pyridine rings is 1. The van der Waals surface area contributed by atoms with Gasteiger partial charge in [0.1, 0.15) is 18.0 Å². The van der Waals surface area contributed by atoms with Gasteiger partial charge in [0.2, 0.25) is 11.7 Å². The van der Waals surface area contributed by atoms with Gasteiger partial charge in [-0.05, 0) is 19.1 Å². The molecule has 21 heavy (non-hydrogen) atoms. The number of hydrogen-bond donors (Lipinski definition) is 0. The lowest BCUT2D eigenvalue weighted by Gasteiger charge is -2.32. The smallest absolute Gasteiger partial charge is 0.223 e. The number of hydrogen-bond acceptors (Lipinski definition) is 7. The number of nitriles is 1. The Morgan fingerprint density at radius 3 is 2.90 bits per heavy atom. The van der Waals surface area contributed by atoms with Gasteiger partial charge in [-0.15, -0.1) is 0 Å². The second-order valence-electron chi connectivity index (χ2n) is 4.91. The van der Waals surface area contributed by atoms with Crippen LogP contribution in [0.2, 0.25) is 0 Å². The minimum Gasteiger partial charge on any atom is -0.366 e. The first-order valence-electron chi connectivity index (χ1n) is 6.72. The SMILES string of the molecule is Cc1ccc(C#N)c(N2CCOC(c3noc(C)n3)C2)n1. The summed E-state index contributed by atoms with van der Waals surface area (Å²) in [6.07, 6.45) is -0.273. The Bertz CT molecular complexity index is 691. The molecule has 0 aliphatic carbocycles. The second-order valence-corrected chi connectivity index (χ2v) is 4.91. The van der Waals surface area contributed by atoms with Crippen LogP contribution >= 0.6 is 0 Å². The quantitative estimate of drug-likeness (QED) is 0.826. The summed E-state index contributed by atoms with van der Waals surface area (Å²) in [5.74, 6) is 1.73. The Morgan fingerprint density at radius 1 is 1.33 bits per heavy atom. The van der Waals surface area contributed by atoms with Crippen molar-refractivity contribution in [1.82, 2.24) is 15.1 Å². The van der Waals surface area contributed by atoms with Crippen LogP contribution in [0.1, 0.15) is 29.1 Å². The fraction of sp³-hybridized carbons (Fsp3) is 0.429. The average Bonchev–Trinajstić information content (AvgIpc) is 2.94. The van der Waals surface area contributed by atoms with Gasteiger partial charge in [0.25, 0.3) is 0 Å². The minimum atomic E-state index is -0.273. The lowest BCUT2D eigenvalue weighted by Crippen LogP contribution is -2.39. The normalized spacial score (nSPS) is 18.5. The number of nitrogens with zero attached hydrogens (tertiary/aromatic N) is 5. The highest BCUT2D eigenvalue weighted by molar-refractivity contribution is 5.54. The van der Waals surface area contributed by atoms with Crippen LogP contribution in [0.4, 0.5) is 5.82 Å². The Kier molecular flexibility index (Phi) is 3.54. The van der Waals surface area contributed by atoms with Crippen molar-refractivity contribution in [3.63, 3.8) is 0 Å². The van der Waals surface area contributed by atoms with Crippen LogP contribution in [0.25, 0.3) is 0 Å². The average molecular weight is 285 g/mol. The molecule has 0 saturated carbocycles. The topological polar surface area (TPSA) is 88.1 Å². The molecule has 1 aliphatic heterocycles. The molecule has 1 saturated heterocycles. The molecule has 0 amide bonds. The van der Waals surface area contributed by atoms with Gasteiger partial charge in [0, 0.05) is 19.2 Å². The maximum Gasteiger partial charge on any atom is 0.223 e. The van der Waals surface area contributed by atoms with Gasteiger partial charge in [-0.3, -0.25) is 0 Å². The maximum atomic E-state index is 9.24. The highest BCUT2D eigenvalue weighted by atomic mass is 16.5. The third-order valence-corrected chi connectivity index (χ3v) is 3.33. The van der Waals surface area contributed by atoms with Crippen molar-refractivity contribution in [1.29, 1.82) is 5.26 Å². The van der Waals surface area contributed by atoms with E-state index < -0.39 is 0 Å². The predicted molar refractivity (Wildman–Crippen MR) is 73.6 cm³/mol. The third kappa shape index (κ3) is 2.71. The van der Waals surface area contributed by atoms with Crippen molar-refractivity contribution >= 4 is 5.82 Å². The van der Waals surface area contributed by atoms with Crippen LogP contribution in [-0.4, -0.2) is 34.8 Å². The largest absolute Gasteiger partial charge is 0.366 e. The summed E-state index contributed by atoms with van der Waals surface area (Å²) in [6.45, 7) is 5.40. The Morgan fingerprint density at radius 2 is 2.19 bits per heavy atom. The molecule has 0 aromatic carbocycles. The molecule has 2 aromatic rings. The van der Waals surface area contributed by atoms with Crippen molar-refractivity contribution in [3.05, 3.63) is 35.1 Å². The number of rotatable bonds is 2. The summed E-state index contributed by atoms with van der Waals surface area (Å²) in [4.78, 5) is 10.7. The summed E-state index contributed by atoms with van der Waals surface area (Å²) in [5, 5.41) is 13.1. The first-order chi connectivity index (χ1) is 10.2. The first kappa shape index (κ1) is 13.5. The van der Waals surface area contributed by atoms with E-state index in [-0.39, 0.29) is 6.10 Å². The van der Waals surface area contributed by atoms with Crippen molar-refractivity contribution in [2.75, 3.05) is 24.6 Å². The Labute approximate surface area is 122 Å². The van der Waals surface area contributed by atoms with Crippen LogP contribution in [0.5, 0.6) is 0 Å². The van der Waals surface area contributed by atoms with Gasteiger partial charge < -0.3 is 14.2 Å². The van der Waals surface area contributed by atoms with Crippen LogP contribution < -0.4 is 4.90 Å². The van der Waals surface area contributed by atoms with Crippen LogP contribution in [0.3, 0.4) is 0 Å². The van der Waals surface area contributed by atoms with Gasteiger partial charge >= 0.3 is 0 Å². The summed E-state index contributed by atoms with van der Waals surface area (Å²) in [6, 6.07) is 5.81. The molecule has 1 fully saturated rings. The predicted octanol–water partition coefficient (Wildman–Crippen LogP) is 1.53. The van der Waals surface area contributed by atoms with Gasteiger partial charge in [-0.1, -0.05) is 5.16 Å². The van der Waals surface area contributed by atoms with E-state index in [0.717, 1.165) is 5.69 Å². The van der Waals surface area contributed by atoms with E-state index in [4.69, 9.17) is 9.26 Å². The minimum absolute atomic E-state index is 0.273. The number of aryl methyl sites for hydroxylation is 2. The molecule has 1 unspecified atom stereocenters. The fourth-order valence-electron chi connectivity index (χ4n) is 2.31. The molecule has 1 atom stereocenters. The molecule has 7 heteroatoms. The van der Waals surface area contributed by atoms with Crippen molar-refractivity contribution < 1.29 is 9.26 Å². The second kappa shape index (κ2) is 5.50. The Balaban J connectivity index is 1.86. The first-order valence-corrected chi connectivity index (χ1v) is 6.72. The van der Waals surface area contributed by atoms with E-state index >= 15 is 0 Å². The molecule has 0 radical (unpaired) electrons. The van der Waals surface area contributed by atoms with E-state index in [2.05, 4.69) is 21.2 Å². The summed E-state index contributed by atoms with van der Waals surface area (Å²) in [5.41, 5.74) is 1.44. The number of ether oxygens (including phenoxy) is 1. The zero-order valence-corrected chi connectivity index (χ0v) is 11.9. The summed E-state index contributed by atoms with van der Waals surface area (Å²) < 4.78 is 10.7. The van der Waals surface area contributed by atoms with E-state index in [9.17, 15) is 5.26 Å². The number of morpholine rings is 1. The maximum absolute atomic E-state index is 9.24. The van der Waals surface area contributed by atoms with Crippen molar-refractivity contribution in [2.45, 2.75) is 20.0 Å². The molecule has 0 spiro atoms. The lowest BCUT2D eigenvalue weighted by molar-refractivity contribution is 0.0323. The van der Waals surface area contributed by atoms with E-state index in [0.29, 0.717) is 42.8 Å². The van der Waals surface area contributed by atoms with Crippen molar-refractivity contribution in [3.8, 4) is 6.07 Å². The van der Waals surface area contributed by atoms with Gasteiger partial charge in [-0.25, -0.2) is 4.98 Å². The van der Waals surface area contributed by atoms with E-state index in [1.54, 1.807) is 13.0 Å². The molecule has 3 rings (SSSR count). The summed E-state index contributed by atoms with van der Waals surface area (Å²) in [7, 11) is 0. The van der Waals surface area contributed by atoms with E-state index in [1.165, 1.54) is 0 Å². The molecule has 2 aromatic heterocycles. The molecule has 3 heterocycles. The number of anilines is 1. The number of aromatic nitrogens is 3. The van der Waals surface area contributed by atoms with Crippen LogP contribution in [-0.2, 0) is 4.74 Å². The van der Waals surface area contributed by atoms with Crippen molar-refractivity contribution in [2.24, 2.45) is 0 Å². The summed E-state index contributed by atoms with van der Waals surface area (Å²) >= 11 is 0. The van der Waals surface area contributed by atoms with E-state index in [1.807, 2.05) is 17.9 Å². The molecule has 0 bridgehead atoms.